The number of benzene rings is 3. The number of nitrogens with one attached hydrogen (secondary N) is 1. The molecule has 1 amide bonds. The van der Waals surface area contributed by atoms with Crippen LogP contribution in [0.4, 0.5) is 0 Å². The Balaban J connectivity index is 1.81. The lowest BCUT2D eigenvalue weighted by Crippen LogP contribution is -2.30. The second-order valence-electron chi connectivity index (χ2n) is 8.22. The lowest BCUT2D eigenvalue weighted by molar-refractivity contribution is 0.0955. The van der Waals surface area contributed by atoms with E-state index >= 15 is 0 Å². The molecule has 3 aromatic carbocycles. The summed E-state index contributed by atoms with van der Waals surface area (Å²) in [4.78, 5) is 25.8. The van der Waals surface area contributed by atoms with Gasteiger partial charge in [0.25, 0.3) is 11.5 Å². The van der Waals surface area contributed by atoms with E-state index in [1.807, 2.05) is 0 Å². The summed E-state index contributed by atoms with van der Waals surface area (Å²) in [6.07, 6.45) is 1.23. The van der Waals surface area contributed by atoms with E-state index in [0.29, 0.717) is 16.0 Å². The van der Waals surface area contributed by atoms with E-state index in [2.05, 4.69) is 10.5 Å². The van der Waals surface area contributed by atoms with Gasteiger partial charge in [0, 0.05) is 34.4 Å². The van der Waals surface area contributed by atoms with Gasteiger partial charge in [-0.25, -0.2) is 18.4 Å². The van der Waals surface area contributed by atoms with Gasteiger partial charge in [0.05, 0.1) is 22.4 Å². The van der Waals surface area contributed by atoms with Crippen LogP contribution in [0.5, 0.6) is 5.88 Å². The Kier molecular flexibility index (Phi) is 7.96. The Morgan fingerprint density at radius 2 is 1.68 bits per heavy atom. The van der Waals surface area contributed by atoms with Crippen LogP contribution in [0.2, 0.25) is 5.02 Å². The summed E-state index contributed by atoms with van der Waals surface area (Å²) in [7, 11) is -3.81. The lowest BCUT2D eigenvalue weighted by atomic mass is 10.1. The van der Waals surface area contributed by atoms with E-state index in [1.54, 1.807) is 62.4 Å². The van der Waals surface area contributed by atoms with Gasteiger partial charge in [0.15, 0.2) is 0 Å². The number of hydrogen-bond acceptors (Lipinski definition) is 6. The largest absolute Gasteiger partial charge is 0.494 e. The predicted octanol–water partition coefficient (Wildman–Crippen LogP) is 4.14. The molecular weight excluding hydrogens is 528 g/mol. The fourth-order valence-corrected chi connectivity index (χ4v) is 5.67. The van der Waals surface area contributed by atoms with Crippen molar-refractivity contribution < 1.29 is 18.3 Å². The van der Waals surface area contributed by atoms with E-state index in [0.717, 1.165) is 4.57 Å². The molecule has 11 heteroatoms. The number of nitrogens with zero attached hydrogens (tertiary/aromatic N) is 3. The minimum Gasteiger partial charge on any atom is -0.494 e. The maximum absolute atomic E-state index is 13.4. The van der Waals surface area contributed by atoms with E-state index in [1.165, 1.54) is 34.8 Å². The van der Waals surface area contributed by atoms with Crippen LogP contribution in [0.3, 0.4) is 0 Å². The van der Waals surface area contributed by atoms with Crippen molar-refractivity contribution in [2.75, 3.05) is 13.1 Å². The first-order valence-electron chi connectivity index (χ1n) is 11.7. The van der Waals surface area contributed by atoms with Gasteiger partial charge in [-0.1, -0.05) is 49.7 Å². The number of fused-ring (bicyclic) bond motifs is 1. The summed E-state index contributed by atoms with van der Waals surface area (Å²) >= 11 is 5.86. The highest BCUT2D eigenvalue weighted by Gasteiger charge is 2.23. The van der Waals surface area contributed by atoms with Crippen molar-refractivity contribution in [3.8, 4) is 11.6 Å². The third-order valence-corrected chi connectivity index (χ3v) is 8.29. The van der Waals surface area contributed by atoms with Gasteiger partial charge >= 0.3 is 0 Å². The van der Waals surface area contributed by atoms with E-state index in [-0.39, 0.29) is 34.6 Å². The summed E-state index contributed by atoms with van der Waals surface area (Å²) in [6.45, 7) is 4.04. The average molecular weight is 553 g/mol. The predicted molar refractivity (Wildman–Crippen MR) is 148 cm³/mol. The normalized spacial score (nSPS) is 11.9. The Morgan fingerprint density at radius 1 is 1.03 bits per heavy atom. The molecule has 0 fully saturated rings. The first kappa shape index (κ1) is 27.1. The number of amides is 1. The van der Waals surface area contributed by atoms with Gasteiger partial charge < -0.3 is 5.11 Å². The number of carbonyl (C=O) groups is 1. The third kappa shape index (κ3) is 5.19. The fraction of sp³-hybridized carbons (Fsp3) is 0.148. The molecule has 196 valence electrons. The Labute approximate surface area is 224 Å². The first-order chi connectivity index (χ1) is 18.2. The Morgan fingerprint density at radius 3 is 2.34 bits per heavy atom. The van der Waals surface area contributed by atoms with Crippen LogP contribution in [0, 0.1) is 0 Å². The van der Waals surface area contributed by atoms with Crippen LogP contribution >= 0.6 is 11.6 Å². The molecule has 0 saturated heterocycles. The van der Waals surface area contributed by atoms with Gasteiger partial charge in [-0.3, -0.25) is 9.59 Å². The van der Waals surface area contributed by atoms with Crippen LogP contribution in [0.15, 0.2) is 87.6 Å². The molecular formula is C27H25ClN4O5S. The van der Waals surface area contributed by atoms with Gasteiger partial charge in [0.2, 0.25) is 15.9 Å². The highest BCUT2D eigenvalue weighted by molar-refractivity contribution is 7.89. The fourth-order valence-electron chi connectivity index (χ4n) is 4.05. The summed E-state index contributed by atoms with van der Waals surface area (Å²) in [5.74, 6) is -0.958. The molecule has 1 aromatic heterocycles. The first-order valence-corrected chi connectivity index (χ1v) is 13.6. The quantitative estimate of drug-likeness (QED) is 0.251. The number of rotatable bonds is 8. The molecule has 0 unspecified atom stereocenters. The molecule has 4 rings (SSSR count). The number of pyridine rings is 1. The second kappa shape index (κ2) is 11.2. The molecule has 38 heavy (non-hydrogen) atoms. The van der Waals surface area contributed by atoms with Gasteiger partial charge in [0.1, 0.15) is 0 Å². The zero-order valence-corrected chi connectivity index (χ0v) is 22.2. The standard InChI is InChI=1S/C27H25ClN4O5S/c1-3-31(4-2)38(36,37)21-9-7-8-20(16-21)32-26(34)23-11-6-5-10-22(23)24(27(32)35)17-29-30-25(33)18-12-14-19(28)15-13-18/h5-17,35H,3-4H2,1-2H3,(H,30,33). The third-order valence-electron chi connectivity index (χ3n) is 5.99. The van der Waals surface area contributed by atoms with Crippen molar-refractivity contribution in [2.45, 2.75) is 18.7 Å². The molecule has 0 atom stereocenters. The number of hydrazone groups is 1. The number of aromatic nitrogens is 1. The van der Waals surface area contributed by atoms with Crippen molar-refractivity contribution in [2.24, 2.45) is 5.10 Å². The van der Waals surface area contributed by atoms with Crippen molar-refractivity contribution in [1.82, 2.24) is 14.3 Å². The zero-order chi connectivity index (χ0) is 27.4. The van der Waals surface area contributed by atoms with Crippen molar-refractivity contribution >= 4 is 44.5 Å². The molecule has 0 radical (unpaired) electrons. The molecule has 4 aromatic rings. The number of sulfonamides is 1. The van der Waals surface area contributed by atoms with E-state index in [4.69, 9.17) is 11.6 Å². The maximum Gasteiger partial charge on any atom is 0.271 e. The van der Waals surface area contributed by atoms with Gasteiger partial charge in [-0.2, -0.15) is 9.41 Å². The highest BCUT2D eigenvalue weighted by Crippen LogP contribution is 2.27. The monoisotopic (exact) mass is 552 g/mol. The Hall–Kier alpha value is -3.99. The van der Waals surface area contributed by atoms with Crippen LogP contribution in [0.1, 0.15) is 29.8 Å². The molecule has 1 heterocycles. The van der Waals surface area contributed by atoms with Crippen LogP contribution in [-0.4, -0.2) is 47.6 Å². The molecule has 0 aliphatic carbocycles. The lowest BCUT2D eigenvalue weighted by Gasteiger charge is -2.19. The zero-order valence-electron chi connectivity index (χ0n) is 20.6. The minimum absolute atomic E-state index is 0.0106. The van der Waals surface area contributed by atoms with E-state index < -0.39 is 27.4 Å². The molecule has 0 aliphatic heterocycles. The molecule has 9 nitrogen and oxygen atoms in total. The smallest absolute Gasteiger partial charge is 0.271 e. The minimum atomic E-state index is -3.81. The van der Waals surface area contributed by atoms with Crippen LogP contribution in [-0.2, 0) is 10.0 Å². The van der Waals surface area contributed by atoms with Crippen molar-refractivity contribution in [3.63, 3.8) is 0 Å². The number of halogens is 1. The molecule has 0 spiro atoms. The van der Waals surface area contributed by atoms with E-state index in [9.17, 15) is 23.1 Å². The highest BCUT2D eigenvalue weighted by atomic mass is 35.5. The summed E-state index contributed by atoms with van der Waals surface area (Å²) in [5.41, 5.74) is 2.50. The SMILES string of the molecule is CCN(CC)S(=O)(=O)c1cccc(-n2c(O)c(C=NNC(=O)c3ccc(Cl)cc3)c3ccccc3c2=O)c1. The van der Waals surface area contributed by atoms with Crippen LogP contribution < -0.4 is 11.0 Å². The summed E-state index contributed by atoms with van der Waals surface area (Å²) in [6, 6.07) is 18.7. The summed E-state index contributed by atoms with van der Waals surface area (Å²) in [5, 5.41) is 16.4. The van der Waals surface area contributed by atoms with Gasteiger partial charge in [-0.15, -0.1) is 0 Å². The molecule has 0 bridgehead atoms. The van der Waals surface area contributed by atoms with Gasteiger partial charge in [-0.05, 0) is 48.5 Å². The average Bonchev–Trinajstić information content (AvgIpc) is 2.91. The molecule has 0 saturated carbocycles. The number of carbonyl (C=O) groups excluding carboxylic acids is 1. The van der Waals surface area contributed by atoms with Crippen molar-refractivity contribution in [3.05, 3.63) is 99.3 Å². The second-order valence-corrected chi connectivity index (χ2v) is 10.6. The number of hydrogen-bond donors (Lipinski definition) is 2. The van der Waals surface area contributed by atoms with Crippen molar-refractivity contribution in [1.29, 1.82) is 0 Å². The maximum atomic E-state index is 13.4. The van der Waals surface area contributed by atoms with Crippen LogP contribution in [0.25, 0.3) is 16.5 Å². The molecule has 0 aliphatic rings. The topological polar surface area (TPSA) is 121 Å². The number of aromatic hydroxyl groups is 1. The molecule has 2 N–H and O–H groups in total. The summed E-state index contributed by atoms with van der Waals surface area (Å²) < 4.78 is 28.5. The Bertz CT molecular complexity index is 1700.